The molecule has 4 N–H and O–H groups in total. The Bertz CT molecular complexity index is 861. The van der Waals surface area contributed by atoms with Crippen LogP contribution in [0.2, 0.25) is 0 Å². The molecule has 0 saturated heterocycles. The number of aromatic nitrogens is 1. The number of esters is 1. The van der Waals surface area contributed by atoms with Crippen molar-refractivity contribution in [1.82, 2.24) is 26.3 Å². The summed E-state index contributed by atoms with van der Waals surface area (Å²) in [7, 11) is 9.59. The van der Waals surface area contributed by atoms with Crippen molar-refractivity contribution >= 4 is 37.9 Å². The molecule has 2 heterocycles. The number of hydrogen-bond donors (Lipinski definition) is 4. The fourth-order valence-corrected chi connectivity index (χ4v) is 7.12. The maximum absolute atomic E-state index is 12.0. The van der Waals surface area contributed by atoms with E-state index in [-0.39, 0.29) is 19.1 Å². The predicted molar refractivity (Wildman–Crippen MR) is 174 cm³/mol. The first kappa shape index (κ1) is 37.3. The van der Waals surface area contributed by atoms with E-state index >= 15 is 0 Å². The second-order valence-electron chi connectivity index (χ2n) is 11.6. The zero-order valence-electron chi connectivity index (χ0n) is 25.8. The van der Waals surface area contributed by atoms with Gasteiger partial charge in [0.1, 0.15) is 0 Å². The van der Waals surface area contributed by atoms with Gasteiger partial charge in [0.15, 0.2) is 0 Å². The Morgan fingerprint density at radius 1 is 0.860 bits per heavy atom. The van der Waals surface area contributed by atoms with E-state index in [0.717, 1.165) is 69.2 Å². The summed E-state index contributed by atoms with van der Waals surface area (Å²) in [5.41, 5.74) is 2.24. The standard InChI is InChI=1S/C31H53N5O3S.2ClH.Mn/c1-2-16-38-17-7-13-31(37)39-18-8-19-40-26-20-24-22-34-29-11-5-3-9-27(29)32-14-15-33-28-10-4-6-12-30(28)35-23-25(21-26)36-24;;;/h20-21,27-30,32-35H,2-19,22-23H2,1H3;2*1H;/q;;;+2/p-2/t27-,28-,29-,30-;;;/m1.../s1. The Morgan fingerprint density at radius 3 is 1.93 bits per heavy atom. The molecule has 0 spiro atoms. The van der Waals surface area contributed by atoms with E-state index in [2.05, 4.69) is 40.3 Å². The molecule has 43 heavy (non-hydrogen) atoms. The van der Waals surface area contributed by atoms with E-state index in [4.69, 9.17) is 34.7 Å². The number of fused-ring (bicyclic) bond motifs is 4. The van der Waals surface area contributed by atoms with Gasteiger partial charge in [0, 0.05) is 80.6 Å². The van der Waals surface area contributed by atoms with Crippen molar-refractivity contribution in [2.75, 3.05) is 38.7 Å². The summed E-state index contributed by atoms with van der Waals surface area (Å²) in [6, 6.07) is 6.55. The first-order valence-corrected chi connectivity index (χ1v) is 20.5. The normalized spacial score (nSPS) is 24.7. The van der Waals surface area contributed by atoms with Gasteiger partial charge in [0.2, 0.25) is 0 Å². The third-order valence-electron chi connectivity index (χ3n) is 8.30. The summed E-state index contributed by atoms with van der Waals surface area (Å²) < 4.78 is 10.9. The van der Waals surface area contributed by atoms with Crippen molar-refractivity contribution in [2.45, 2.75) is 126 Å². The molecule has 0 aromatic carbocycles. The molecule has 12 heteroatoms. The van der Waals surface area contributed by atoms with E-state index in [1.165, 1.54) is 56.3 Å². The number of thioether (sulfide) groups is 1. The van der Waals surface area contributed by atoms with Crippen LogP contribution in [0.1, 0.15) is 95.4 Å². The van der Waals surface area contributed by atoms with Crippen molar-refractivity contribution in [3.63, 3.8) is 0 Å². The summed E-state index contributed by atoms with van der Waals surface area (Å²) >= 11 is 1.85. The van der Waals surface area contributed by atoms with Crippen LogP contribution < -0.4 is 21.3 Å². The van der Waals surface area contributed by atoms with Crippen molar-refractivity contribution in [3.8, 4) is 0 Å². The molecule has 1 aromatic rings. The van der Waals surface area contributed by atoms with Gasteiger partial charge >= 0.3 is 39.3 Å². The zero-order valence-corrected chi connectivity index (χ0v) is 29.3. The van der Waals surface area contributed by atoms with Crippen LogP contribution >= 0.6 is 32.0 Å². The summed E-state index contributed by atoms with van der Waals surface area (Å²) in [5.74, 6) is 0.797. The molecule has 2 saturated carbocycles. The molecule has 0 unspecified atom stereocenters. The van der Waals surface area contributed by atoms with Gasteiger partial charge in [-0.15, -0.1) is 11.8 Å². The zero-order chi connectivity index (χ0) is 30.5. The van der Waals surface area contributed by atoms with Crippen LogP contribution in [-0.2, 0) is 40.5 Å². The van der Waals surface area contributed by atoms with Crippen LogP contribution in [0, 0.1) is 0 Å². The number of rotatable bonds is 11. The molecule has 1 aromatic heterocycles. The van der Waals surface area contributed by atoms with E-state index in [1.807, 2.05) is 11.8 Å². The molecule has 2 aliphatic carbocycles. The molecular weight excluding hydrogens is 648 g/mol. The number of carbonyl (C=O) groups excluding carboxylic acids is 1. The quantitative estimate of drug-likeness (QED) is 0.101. The van der Waals surface area contributed by atoms with Crippen LogP contribution in [0.25, 0.3) is 0 Å². The van der Waals surface area contributed by atoms with Crippen molar-refractivity contribution in [1.29, 1.82) is 0 Å². The maximum atomic E-state index is 12.0. The van der Waals surface area contributed by atoms with Crippen LogP contribution in [-0.4, -0.2) is 73.8 Å². The Hall–Kier alpha value is -0.131. The second-order valence-corrected chi connectivity index (χ2v) is 14.8. The molecule has 0 radical (unpaired) electrons. The van der Waals surface area contributed by atoms with Crippen LogP contribution in [0.4, 0.5) is 0 Å². The van der Waals surface area contributed by atoms with E-state index in [1.54, 1.807) is 0 Å². The average molecular weight is 702 g/mol. The predicted octanol–water partition coefficient (Wildman–Crippen LogP) is 5.68. The van der Waals surface area contributed by atoms with Crippen molar-refractivity contribution < 1.29 is 27.4 Å². The third kappa shape index (κ3) is 15.3. The van der Waals surface area contributed by atoms with Gasteiger partial charge in [-0.05, 0) is 57.1 Å². The number of ether oxygens (including phenoxy) is 2. The van der Waals surface area contributed by atoms with Gasteiger partial charge in [0.25, 0.3) is 0 Å². The van der Waals surface area contributed by atoms with Crippen LogP contribution in [0.15, 0.2) is 17.0 Å². The molecule has 1 aliphatic heterocycles. The van der Waals surface area contributed by atoms with E-state index in [0.29, 0.717) is 43.8 Å². The molecule has 3 aliphatic rings. The number of hydrogen-bond acceptors (Lipinski definition) is 9. The van der Waals surface area contributed by atoms with Crippen LogP contribution in [0.5, 0.6) is 0 Å². The van der Waals surface area contributed by atoms with Gasteiger partial charge in [-0.2, -0.15) is 0 Å². The SMILES string of the molecule is CCCOCCCC(=O)OCCCSc1cc2nc(c1)CN[C@@H]1CCCC[C@H]1NCCN[C@@H]1CCCC[C@H]1NC2.[Cl][Mn][Cl]. The molecule has 4 atom stereocenters. The second kappa shape index (κ2) is 23.2. The fraction of sp³-hybridized carbons (Fsp3) is 0.806. The summed E-state index contributed by atoms with van der Waals surface area (Å²) in [5, 5.41) is 15.4. The number of nitrogens with one attached hydrogen (secondary N) is 4. The third-order valence-corrected chi connectivity index (χ3v) is 9.37. The number of pyridine rings is 1. The Kier molecular flexibility index (Phi) is 20.2. The van der Waals surface area contributed by atoms with E-state index in [9.17, 15) is 4.79 Å². The summed E-state index contributed by atoms with van der Waals surface area (Å²) in [6.07, 6.45) is 13.2. The first-order valence-electron chi connectivity index (χ1n) is 16.3. The Morgan fingerprint density at radius 2 is 1.40 bits per heavy atom. The number of carbonyl (C=O) groups is 1. The topological polar surface area (TPSA) is 96.5 Å². The Balaban J connectivity index is 0.00000162. The molecule has 247 valence electrons. The van der Waals surface area contributed by atoms with Crippen LogP contribution in [0.3, 0.4) is 0 Å². The van der Waals surface area contributed by atoms with Crippen molar-refractivity contribution in [3.05, 3.63) is 23.5 Å². The average Bonchev–Trinajstić information content (AvgIpc) is 3.02. The first-order chi connectivity index (χ1) is 21.1. The van der Waals surface area contributed by atoms with Gasteiger partial charge in [0.05, 0.1) is 18.0 Å². The molecular formula is C31H53Cl2MnN5O3S. The monoisotopic (exact) mass is 700 g/mol. The molecule has 2 bridgehead atoms. The van der Waals surface area contributed by atoms with Crippen molar-refractivity contribution in [2.24, 2.45) is 0 Å². The summed E-state index contributed by atoms with van der Waals surface area (Å²) in [4.78, 5) is 18.3. The Labute approximate surface area is 278 Å². The molecule has 8 nitrogen and oxygen atoms in total. The van der Waals surface area contributed by atoms with Gasteiger partial charge in [-0.1, -0.05) is 32.6 Å². The minimum atomic E-state index is -0.120. The van der Waals surface area contributed by atoms with E-state index < -0.39 is 0 Å². The number of nitrogens with zero attached hydrogens (tertiary/aromatic N) is 1. The molecule has 2 fully saturated rings. The van der Waals surface area contributed by atoms with Gasteiger partial charge in [-0.25, -0.2) is 0 Å². The van der Waals surface area contributed by atoms with Gasteiger partial charge in [-0.3, -0.25) is 9.78 Å². The molecule has 0 amide bonds. The minimum absolute atomic E-state index is 0.00694. The molecule has 4 rings (SSSR count). The van der Waals surface area contributed by atoms with Gasteiger partial charge < -0.3 is 30.7 Å². The summed E-state index contributed by atoms with van der Waals surface area (Å²) in [6.45, 7) is 7.61. The number of halogens is 2. The fourth-order valence-electron chi connectivity index (χ4n) is 6.18.